The number of carbonyl (C=O) groups is 1. The number of halogens is 2. The summed E-state index contributed by atoms with van der Waals surface area (Å²) in [5.41, 5.74) is 4.06. The summed E-state index contributed by atoms with van der Waals surface area (Å²) in [6.45, 7) is 1.91. The Bertz CT molecular complexity index is 523. The largest absolute Gasteiger partial charge is 0.320 e. The van der Waals surface area contributed by atoms with E-state index in [1.54, 1.807) is 0 Å². The minimum Gasteiger partial charge on any atom is -0.320 e. The molecule has 1 aromatic carbocycles. The molecular formula is C12H15F2N3O3. The van der Waals surface area contributed by atoms with E-state index in [4.69, 9.17) is 5.73 Å². The van der Waals surface area contributed by atoms with Crippen LogP contribution in [0.1, 0.15) is 26.2 Å². The monoisotopic (exact) mass is 287 g/mol. The molecule has 0 bridgehead atoms. The van der Waals surface area contributed by atoms with Crippen molar-refractivity contribution in [3.8, 4) is 0 Å². The van der Waals surface area contributed by atoms with E-state index in [0.29, 0.717) is 25.0 Å². The van der Waals surface area contributed by atoms with Crippen LogP contribution >= 0.6 is 0 Å². The van der Waals surface area contributed by atoms with Gasteiger partial charge < -0.3 is 11.1 Å². The molecule has 0 saturated heterocycles. The molecule has 0 aliphatic heterocycles. The van der Waals surface area contributed by atoms with Crippen LogP contribution in [0.5, 0.6) is 0 Å². The molecule has 0 aliphatic rings. The van der Waals surface area contributed by atoms with Crippen LogP contribution in [-0.2, 0) is 4.79 Å². The van der Waals surface area contributed by atoms with Crippen molar-refractivity contribution in [1.29, 1.82) is 0 Å². The maximum atomic E-state index is 13.5. The summed E-state index contributed by atoms with van der Waals surface area (Å²) in [4.78, 5) is 21.5. The van der Waals surface area contributed by atoms with Gasteiger partial charge in [0, 0.05) is 6.07 Å². The van der Waals surface area contributed by atoms with Gasteiger partial charge in [-0.15, -0.1) is 0 Å². The average molecular weight is 287 g/mol. The molecule has 0 heterocycles. The molecule has 1 atom stereocenters. The Balaban J connectivity index is 2.97. The maximum Gasteiger partial charge on any atom is 0.298 e. The number of nitro benzene ring substituents is 1. The van der Waals surface area contributed by atoms with Gasteiger partial charge in [-0.2, -0.15) is 0 Å². The lowest BCUT2D eigenvalue weighted by atomic mass is 10.1. The van der Waals surface area contributed by atoms with E-state index in [-0.39, 0.29) is 0 Å². The molecule has 0 radical (unpaired) electrons. The molecule has 20 heavy (non-hydrogen) atoms. The van der Waals surface area contributed by atoms with Gasteiger partial charge in [0.2, 0.25) is 5.91 Å². The minimum absolute atomic E-state index is 0.374. The predicted molar refractivity (Wildman–Crippen MR) is 69.1 cm³/mol. The number of nitrogens with zero attached hydrogens (tertiary/aromatic N) is 1. The van der Waals surface area contributed by atoms with Crippen LogP contribution in [0.25, 0.3) is 0 Å². The second kappa shape index (κ2) is 6.90. The summed E-state index contributed by atoms with van der Waals surface area (Å²) in [7, 11) is 0. The molecule has 0 fully saturated rings. The van der Waals surface area contributed by atoms with Crippen molar-refractivity contribution >= 4 is 17.3 Å². The van der Waals surface area contributed by atoms with Crippen molar-refractivity contribution < 1.29 is 18.5 Å². The summed E-state index contributed by atoms with van der Waals surface area (Å²) in [5.74, 6) is -3.05. The van der Waals surface area contributed by atoms with Gasteiger partial charge >= 0.3 is 0 Å². The quantitative estimate of drug-likeness (QED) is 0.619. The number of nitro groups is 1. The molecule has 3 N–H and O–H groups in total. The van der Waals surface area contributed by atoms with Crippen molar-refractivity contribution in [3.63, 3.8) is 0 Å². The molecule has 6 nitrogen and oxygen atoms in total. The van der Waals surface area contributed by atoms with E-state index >= 15 is 0 Å². The summed E-state index contributed by atoms with van der Waals surface area (Å²) >= 11 is 0. The average Bonchev–Trinajstić information content (AvgIpc) is 2.38. The van der Waals surface area contributed by atoms with Crippen LogP contribution < -0.4 is 11.1 Å². The number of carbonyl (C=O) groups excluding carboxylic acids is 1. The normalized spacial score (nSPS) is 12.0. The number of nitrogens with two attached hydrogens (primary N) is 1. The van der Waals surface area contributed by atoms with Gasteiger partial charge in [-0.1, -0.05) is 19.8 Å². The van der Waals surface area contributed by atoms with Gasteiger partial charge in [0.1, 0.15) is 5.82 Å². The third-order valence-electron chi connectivity index (χ3n) is 2.68. The lowest BCUT2D eigenvalue weighted by molar-refractivity contribution is -0.384. The number of anilines is 1. The maximum absolute atomic E-state index is 13.5. The summed E-state index contributed by atoms with van der Waals surface area (Å²) in [6.07, 6.45) is 1.90. The van der Waals surface area contributed by atoms with Crippen molar-refractivity contribution in [2.45, 2.75) is 32.2 Å². The first kappa shape index (κ1) is 16.0. The second-order valence-electron chi connectivity index (χ2n) is 4.28. The van der Waals surface area contributed by atoms with Crippen LogP contribution in [0.4, 0.5) is 20.2 Å². The Morgan fingerprint density at radius 1 is 1.50 bits per heavy atom. The fourth-order valence-corrected chi connectivity index (χ4v) is 1.60. The number of rotatable bonds is 6. The first-order chi connectivity index (χ1) is 9.36. The van der Waals surface area contributed by atoms with Gasteiger partial charge in [0.15, 0.2) is 11.5 Å². The molecule has 1 unspecified atom stereocenters. The van der Waals surface area contributed by atoms with Gasteiger partial charge in [-0.3, -0.25) is 14.9 Å². The van der Waals surface area contributed by atoms with E-state index in [0.717, 1.165) is 6.42 Å². The highest BCUT2D eigenvalue weighted by Crippen LogP contribution is 2.28. The Morgan fingerprint density at radius 3 is 2.70 bits per heavy atom. The molecule has 0 aliphatic carbocycles. The molecular weight excluding hydrogens is 272 g/mol. The lowest BCUT2D eigenvalue weighted by Gasteiger charge is -2.12. The van der Waals surface area contributed by atoms with E-state index in [1.807, 2.05) is 12.2 Å². The molecule has 1 amide bonds. The molecule has 0 saturated carbocycles. The topological polar surface area (TPSA) is 98.3 Å². The number of amides is 1. The fourth-order valence-electron chi connectivity index (χ4n) is 1.60. The van der Waals surface area contributed by atoms with E-state index < -0.39 is 39.9 Å². The highest BCUT2D eigenvalue weighted by Gasteiger charge is 2.24. The van der Waals surface area contributed by atoms with Gasteiger partial charge in [-0.25, -0.2) is 8.78 Å². The molecule has 1 rings (SSSR count). The van der Waals surface area contributed by atoms with Crippen molar-refractivity contribution in [3.05, 3.63) is 33.9 Å². The standard InChI is InChI=1S/C12H15F2N3O3/c1-2-3-4-9(15)12(18)16-11-8(14)5-7(13)6-10(11)17(19)20/h5-6,9H,2-4,15H2,1H3,(H,16,18). The molecule has 1 aromatic rings. The highest BCUT2D eigenvalue weighted by atomic mass is 19.1. The van der Waals surface area contributed by atoms with Crippen LogP contribution in [-0.4, -0.2) is 16.9 Å². The third kappa shape index (κ3) is 3.95. The van der Waals surface area contributed by atoms with Gasteiger partial charge in [-0.05, 0) is 6.42 Å². The summed E-state index contributed by atoms with van der Waals surface area (Å²) in [6, 6.07) is 0.0928. The van der Waals surface area contributed by atoms with Crippen molar-refractivity contribution in [2.24, 2.45) is 5.73 Å². The number of benzene rings is 1. The molecule has 110 valence electrons. The predicted octanol–water partition coefficient (Wildman–Crippen LogP) is 2.33. The zero-order valence-corrected chi connectivity index (χ0v) is 10.9. The first-order valence-electron chi connectivity index (χ1n) is 6.06. The van der Waals surface area contributed by atoms with Gasteiger partial charge in [0.25, 0.3) is 5.69 Å². The van der Waals surface area contributed by atoms with Gasteiger partial charge in [0.05, 0.1) is 17.0 Å². The smallest absolute Gasteiger partial charge is 0.298 e. The van der Waals surface area contributed by atoms with Crippen LogP contribution in [0, 0.1) is 21.7 Å². The Morgan fingerprint density at radius 2 is 2.15 bits per heavy atom. The van der Waals surface area contributed by atoms with Crippen LogP contribution in [0.2, 0.25) is 0 Å². The lowest BCUT2D eigenvalue weighted by Crippen LogP contribution is -2.35. The molecule has 0 spiro atoms. The Kier molecular flexibility index (Phi) is 5.51. The van der Waals surface area contributed by atoms with Crippen molar-refractivity contribution in [1.82, 2.24) is 0 Å². The SMILES string of the molecule is CCCCC(N)C(=O)Nc1c(F)cc(F)cc1[N+](=O)[O-]. The Hall–Kier alpha value is -2.09. The second-order valence-corrected chi connectivity index (χ2v) is 4.28. The minimum atomic E-state index is -1.22. The summed E-state index contributed by atoms with van der Waals surface area (Å²) < 4.78 is 26.5. The van der Waals surface area contributed by atoms with Crippen LogP contribution in [0.3, 0.4) is 0 Å². The highest BCUT2D eigenvalue weighted by molar-refractivity contribution is 5.96. The zero-order chi connectivity index (χ0) is 15.3. The van der Waals surface area contributed by atoms with E-state index in [9.17, 15) is 23.7 Å². The number of hydrogen-bond acceptors (Lipinski definition) is 4. The van der Waals surface area contributed by atoms with Crippen LogP contribution in [0.15, 0.2) is 12.1 Å². The van der Waals surface area contributed by atoms with Crippen molar-refractivity contribution in [2.75, 3.05) is 5.32 Å². The van der Waals surface area contributed by atoms with E-state index in [2.05, 4.69) is 0 Å². The number of hydrogen-bond donors (Lipinski definition) is 2. The Labute approximate surface area is 114 Å². The number of unbranched alkanes of at least 4 members (excludes halogenated alkanes) is 1. The zero-order valence-electron chi connectivity index (χ0n) is 10.9. The molecule has 0 aromatic heterocycles. The molecule has 8 heteroatoms. The first-order valence-corrected chi connectivity index (χ1v) is 6.06. The summed E-state index contributed by atoms with van der Waals surface area (Å²) in [5, 5.41) is 12.8. The number of nitrogens with one attached hydrogen (secondary N) is 1. The van der Waals surface area contributed by atoms with E-state index in [1.165, 1.54) is 0 Å². The fraction of sp³-hybridized carbons (Fsp3) is 0.417. The third-order valence-corrected chi connectivity index (χ3v) is 2.68.